The summed E-state index contributed by atoms with van der Waals surface area (Å²) in [4.78, 5) is 34.2. The summed E-state index contributed by atoms with van der Waals surface area (Å²) in [5, 5.41) is 8.94. The first-order chi connectivity index (χ1) is 16.6. The second-order valence-corrected chi connectivity index (χ2v) is 8.69. The molecule has 2 fully saturated rings. The van der Waals surface area contributed by atoms with Crippen molar-refractivity contribution in [3.05, 3.63) is 60.1 Å². The van der Waals surface area contributed by atoms with Gasteiger partial charge in [0.15, 0.2) is 0 Å². The van der Waals surface area contributed by atoms with Crippen molar-refractivity contribution < 1.29 is 9.18 Å². The second kappa shape index (κ2) is 9.17. The number of hydrogen-bond donors (Lipinski definition) is 0. The van der Waals surface area contributed by atoms with Gasteiger partial charge in [-0.1, -0.05) is 6.92 Å². The van der Waals surface area contributed by atoms with Crippen molar-refractivity contribution in [2.75, 3.05) is 18.0 Å². The SMILES string of the molecule is CCc1cnc(N2CC[C@@H](N(C(=O)c3cn(-c4ccc(C#N)cn4)cn3)C3CC3)[C@@H](F)C2)nc1. The first kappa shape index (κ1) is 21.9. The van der Waals surface area contributed by atoms with Crippen LogP contribution in [-0.2, 0) is 6.42 Å². The quantitative estimate of drug-likeness (QED) is 0.557. The molecule has 174 valence electrons. The third-order valence-corrected chi connectivity index (χ3v) is 6.37. The summed E-state index contributed by atoms with van der Waals surface area (Å²) in [6.07, 6.45) is 10.0. The molecule has 0 spiro atoms. The van der Waals surface area contributed by atoms with Crippen LogP contribution in [0.4, 0.5) is 10.3 Å². The molecule has 0 radical (unpaired) electrons. The lowest BCUT2D eigenvalue weighted by Crippen LogP contribution is -2.55. The van der Waals surface area contributed by atoms with E-state index in [4.69, 9.17) is 5.26 Å². The van der Waals surface area contributed by atoms with Crippen LogP contribution in [0.15, 0.2) is 43.2 Å². The topological polar surface area (TPSA) is 104 Å². The number of carbonyl (C=O) groups excluding carboxylic acids is 1. The number of halogens is 1. The number of imidazole rings is 1. The van der Waals surface area contributed by atoms with E-state index >= 15 is 4.39 Å². The van der Waals surface area contributed by atoms with Crippen LogP contribution in [0.3, 0.4) is 0 Å². The highest BCUT2D eigenvalue weighted by molar-refractivity contribution is 5.93. The highest BCUT2D eigenvalue weighted by Gasteiger charge is 2.44. The van der Waals surface area contributed by atoms with E-state index in [9.17, 15) is 4.79 Å². The Bertz CT molecular complexity index is 1200. The lowest BCUT2D eigenvalue weighted by Gasteiger charge is -2.40. The molecule has 4 heterocycles. The number of rotatable bonds is 6. The number of hydrogen-bond acceptors (Lipinski definition) is 7. The minimum Gasteiger partial charge on any atom is -0.338 e. The Hall–Kier alpha value is -3.87. The number of aromatic nitrogens is 5. The van der Waals surface area contributed by atoms with Crippen molar-refractivity contribution >= 4 is 11.9 Å². The van der Waals surface area contributed by atoms with Gasteiger partial charge in [0.2, 0.25) is 5.95 Å². The summed E-state index contributed by atoms with van der Waals surface area (Å²) < 4.78 is 17.1. The molecule has 34 heavy (non-hydrogen) atoms. The molecule has 0 bridgehead atoms. The van der Waals surface area contributed by atoms with Crippen molar-refractivity contribution in [1.82, 2.24) is 29.4 Å². The molecule has 5 rings (SSSR count). The third-order valence-electron chi connectivity index (χ3n) is 6.37. The van der Waals surface area contributed by atoms with E-state index in [-0.39, 0.29) is 24.2 Å². The Kier molecular flexibility index (Phi) is 5.92. The normalized spacial score (nSPS) is 20.1. The number of pyridine rings is 1. The van der Waals surface area contributed by atoms with Gasteiger partial charge in [0.05, 0.1) is 18.2 Å². The zero-order valence-corrected chi connectivity index (χ0v) is 18.9. The number of aryl methyl sites for hydroxylation is 1. The maximum atomic E-state index is 15.4. The number of piperidine rings is 1. The highest BCUT2D eigenvalue weighted by atomic mass is 19.1. The van der Waals surface area contributed by atoms with E-state index in [2.05, 4.69) is 19.9 Å². The first-order valence-corrected chi connectivity index (χ1v) is 11.5. The van der Waals surface area contributed by atoms with Gasteiger partial charge in [0.25, 0.3) is 5.91 Å². The van der Waals surface area contributed by atoms with Gasteiger partial charge in [0.1, 0.15) is 30.1 Å². The molecule has 0 N–H and O–H groups in total. The van der Waals surface area contributed by atoms with Crippen LogP contribution in [0.25, 0.3) is 5.82 Å². The number of anilines is 1. The van der Waals surface area contributed by atoms with Crippen molar-refractivity contribution in [3.8, 4) is 11.9 Å². The van der Waals surface area contributed by atoms with E-state index in [1.165, 1.54) is 12.5 Å². The van der Waals surface area contributed by atoms with Crippen molar-refractivity contribution in [3.63, 3.8) is 0 Å². The molecule has 10 heteroatoms. The smallest absolute Gasteiger partial charge is 0.274 e. The highest BCUT2D eigenvalue weighted by Crippen LogP contribution is 2.34. The largest absolute Gasteiger partial charge is 0.338 e. The van der Waals surface area contributed by atoms with Gasteiger partial charge in [-0.25, -0.2) is 24.3 Å². The molecule has 1 aliphatic heterocycles. The fraction of sp³-hybridized carbons (Fsp3) is 0.417. The molecular formula is C24H25FN8O. The molecule has 2 aliphatic rings. The summed E-state index contributed by atoms with van der Waals surface area (Å²) in [6.45, 7) is 2.77. The van der Waals surface area contributed by atoms with E-state index in [1.54, 1.807) is 40.2 Å². The summed E-state index contributed by atoms with van der Waals surface area (Å²) >= 11 is 0. The van der Waals surface area contributed by atoms with Crippen LogP contribution in [-0.4, -0.2) is 66.7 Å². The lowest BCUT2D eigenvalue weighted by molar-refractivity contribution is 0.0481. The van der Waals surface area contributed by atoms with Gasteiger partial charge in [-0.2, -0.15) is 5.26 Å². The first-order valence-electron chi connectivity index (χ1n) is 11.5. The Labute approximate surface area is 196 Å². The predicted octanol–water partition coefficient (Wildman–Crippen LogP) is 2.71. The summed E-state index contributed by atoms with van der Waals surface area (Å²) in [5.74, 6) is 0.810. The molecule has 9 nitrogen and oxygen atoms in total. The Balaban J connectivity index is 1.31. The van der Waals surface area contributed by atoms with Crippen LogP contribution in [0, 0.1) is 11.3 Å². The standard InChI is InChI=1S/C24H25FN8O/c1-2-16-10-28-24(29-11-16)31-8-7-21(19(25)13-31)33(18-4-5-18)23(34)20-14-32(15-30-20)22-6-3-17(9-26)12-27-22/h3,6,10-12,14-15,18-19,21H,2,4-5,7-8,13H2,1H3/t19-,21+/m0/s1. The van der Waals surface area contributed by atoms with E-state index in [1.807, 2.05) is 17.9 Å². The van der Waals surface area contributed by atoms with Crippen molar-refractivity contribution in [2.45, 2.75) is 50.9 Å². The number of carbonyl (C=O) groups is 1. The summed E-state index contributed by atoms with van der Waals surface area (Å²) in [7, 11) is 0. The maximum absolute atomic E-state index is 15.4. The number of amides is 1. The minimum absolute atomic E-state index is 0.0422. The molecule has 3 aromatic heterocycles. The van der Waals surface area contributed by atoms with Gasteiger partial charge in [-0.05, 0) is 43.4 Å². The minimum atomic E-state index is -1.21. The molecule has 0 unspecified atom stereocenters. The average molecular weight is 461 g/mol. The van der Waals surface area contributed by atoms with Gasteiger partial charge < -0.3 is 9.80 Å². The van der Waals surface area contributed by atoms with Crippen molar-refractivity contribution in [1.29, 1.82) is 5.26 Å². The molecule has 1 saturated carbocycles. The summed E-state index contributed by atoms with van der Waals surface area (Å²) in [5.41, 5.74) is 1.75. The Morgan fingerprint density at radius 2 is 1.97 bits per heavy atom. The van der Waals surface area contributed by atoms with E-state index < -0.39 is 12.2 Å². The fourth-order valence-corrected chi connectivity index (χ4v) is 4.32. The monoisotopic (exact) mass is 460 g/mol. The fourth-order valence-electron chi connectivity index (χ4n) is 4.32. The van der Waals surface area contributed by atoms with Crippen molar-refractivity contribution in [2.24, 2.45) is 0 Å². The molecular weight excluding hydrogens is 435 g/mol. The molecule has 3 aromatic rings. The van der Waals surface area contributed by atoms with Crippen LogP contribution < -0.4 is 4.90 Å². The maximum Gasteiger partial charge on any atom is 0.274 e. The lowest BCUT2D eigenvalue weighted by atomic mass is 10.0. The van der Waals surface area contributed by atoms with Gasteiger partial charge in [-0.15, -0.1) is 0 Å². The van der Waals surface area contributed by atoms with Crippen LogP contribution in [0.5, 0.6) is 0 Å². The molecule has 1 saturated heterocycles. The van der Waals surface area contributed by atoms with E-state index in [0.29, 0.717) is 30.3 Å². The number of alkyl halides is 1. The van der Waals surface area contributed by atoms with Crippen LogP contribution in [0.2, 0.25) is 0 Å². The second-order valence-electron chi connectivity index (χ2n) is 8.69. The van der Waals surface area contributed by atoms with E-state index in [0.717, 1.165) is 24.8 Å². The Morgan fingerprint density at radius 3 is 2.59 bits per heavy atom. The van der Waals surface area contributed by atoms with Crippen LogP contribution >= 0.6 is 0 Å². The molecule has 1 amide bonds. The Morgan fingerprint density at radius 1 is 1.18 bits per heavy atom. The molecule has 2 atom stereocenters. The zero-order chi connectivity index (χ0) is 23.7. The van der Waals surface area contributed by atoms with Gasteiger partial charge in [0, 0.05) is 37.4 Å². The number of nitriles is 1. The zero-order valence-electron chi connectivity index (χ0n) is 18.9. The number of nitrogens with zero attached hydrogens (tertiary/aromatic N) is 8. The molecule has 0 aromatic carbocycles. The van der Waals surface area contributed by atoms with Crippen LogP contribution in [0.1, 0.15) is 47.8 Å². The predicted molar refractivity (Wildman–Crippen MR) is 122 cm³/mol. The molecule has 1 aliphatic carbocycles. The van der Waals surface area contributed by atoms with Gasteiger partial charge in [-0.3, -0.25) is 9.36 Å². The van der Waals surface area contributed by atoms with Gasteiger partial charge >= 0.3 is 0 Å². The summed E-state index contributed by atoms with van der Waals surface area (Å²) in [6, 6.07) is 4.90. The average Bonchev–Trinajstić information content (AvgIpc) is 3.59. The third kappa shape index (κ3) is 4.33.